The molecule has 0 amide bonds. The van der Waals surface area contributed by atoms with Gasteiger partial charge in [0.25, 0.3) is 0 Å². The zero-order chi connectivity index (χ0) is 10.6. The smallest absolute Gasteiger partial charge is 0.119 e. The molecule has 1 aromatic carbocycles. The second-order valence-corrected chi connectivity index (χ2v) is 3.64. The first-order chi connectivity index (χ1) is 6.65. The van der Waals surface area contributed by atoms with E-state index in [1.165, 1.54) is 5.56 Å². The zero-order valence-electron chi connectivity index (χ0n) is 9.21. The summed E-state index contributed by atoms with van der Waals surface area (Å²) in [6, 6.07) is 8.36. The van der Waals surface area contributed by atoms with Crippen molar-refractivity contribution in [2.24, 2.45) is 0 Å². The number of benzene rings is 1. The minimum absolute atomic E-state index is 0.546. The van der Waals surface area contributed by atoms with Crippen molar-refractivity contribution < 1.29 is 4.74 Å². The lowest BCUT2D eigenvalue weighted by Gasteiger charge is -2.10. The van der Waals surface area contributed by atoms with Crippen molar-refractivity contribution in [3.05, 3.63) is 42.0 Å². The molecule has 0 saturated heterocycles. The third-order valence-electron chi connectivity index (χ3n) is 2.19. The lowest BCUT2D eigenvalue weighted by atomic mass is 10.0. The molecule has 0 bridgehead atoms. The summed E-state index contributed by atoms with van der Waals surface area (Å²) in [5, 5.41) is 0. The van der Waals surface area contributed by atoms with Gasteiger partial charge in [-0.05, 0) is 24.5 Å². The molecule has 0 fully saturated rings. The van der Waals surface area contributed by atoms with Crippen molar-refractivity contribution >= 4 is 5.76 Å². The van der Waals surface area contributed by atoms with E-state index in [0.717, 1.165) is 11.3 Å². The van der Waals surface area contributed by atoms with Crippen LogP contribution >= 0.6 is 0 Å². The van der Waals surface area contributed by atoms with E-state index in [1.54, 1.807) is 0 Å². The van der Waals surface area contributed by atoms with E-state index in [2.05, 4.69) is 38.6 Å². The minimum atomic E-state index is 0.546. The Morgan fingerprint density at radius 2 is 2.14 bits per heavy atom. The Labute approximate surface area is 86.4 Å². The van der Waals surface area contributed by atoms with Crippen LogP contribution in [0.1, 0.15) is 37.8 Å². The SMILES string of the molecule is C=C(OCC)c1cccc(C(C)C)c1. The maximum absolute atomic E-state index is 5.37. The molecule has 0 heterocycles. The van der Waals surface area contributed by atoms with E-state index >= 15 is 0 Å². The summed E-state index contributed by atoms with van der Waals surface area (Å²) in [5.41, 5.74) is 2.40. The Bertz CT molecular complexity index is 313. The molecule has 0 atom stereocenters. The van der Waals surface area contributed by atoms with Crippen LogP contribution in [0.3, 0.4) is 0 Å². The van der Waals surface area contributed by atoms with Gasteiger partial charge in [-0.2, -0.15) is 0 Å². The lowest BCUT2D eigenvalue weighted by molar-refractivity contribution is 0.299. The highest BCUT2D eigenvalue weighted by atomic mass is 16.5. The molecule has 0 aliphatic heterocycles. The second-order valence-electron chi connectivity index (χ2n) is 3.64. The van der Waals surface area contributed by atoms with Gasteiger partial charge in [-0.25, -0.2) is 0 Å². The third-order valence-corrected chi connectivity index (χ3v) is 2.19. The molecule has 0 spiro atoms. The average molecular weight is 190 g/mol. The van der Waals surface area contributed by atoms with E-state index in [-0.39, 0.29) is 0 Å². The molecule has 0 unspecified atom stereocenters. The van der Waals surface area contributed by atoms with Crippen LogP contribution in [0.2, 0.25) is 0 Å². The van der Waals surface area contributed by atoms with Gasteiger partial charge in [-0.3, -0.25) is 0 Å². The van der Waals surface area contributed by atoms with Gasteiger partial charge in [-0.15, -0.1) is 0 Å². The van der Waals surface area contributed by atoms with E-state index in [1.807, 2.05) is 13.0 Å². The van der Waals surface area contributed by atoms with E-state index in [4.69, 9.17) is 4.74 Å². The minimum Gasteiger partial charge on any atom is -0.494 e. The van der Waals surface area contributed by atoms with Crippen molar-refractivity contribution in [3.8, 4) is 0 Å². The molecule has 0 radical (unpaired) electrons. The van der Waals surface area contributed by atoms with Crippen LogP contribution in [-0.4, -0.2) is 6.61 Å². The lowest BCUT2D eigenvalue weighted by Crippen LogP contribution is -1.93. The Balaban J connectivity index is 2.88. The predicted octanol–water partition coefficient (Wildman–Crippen LogP) is 3.82. The number of hydrogen-bond donors (Lipinski definition) is 0. The highest BCUT2D eigenvalue weighted by Gasteiger charge is 2.02. The monoisotopic (exact) mass is 190 g/mol. The second kappa shape index (κ2) is 4.85. The molecule has 76 valence electrons. The van der Waals surface area contributed by atoms with Gasteiger partial charge in [-0.1, -0.05) is 38.6 Å². The first-order valence-electron chi connectivity index (χ1n) is 5.07. The molecule has 1 rings (SSSR count). The Morgan fingerprint density at radius 3 is 2.71 bits per heavy atom. The summed E-state index contributed by atoms with van der Waals surface area (Å²) in [6.07, 6.45) is 0. The van der Waals surface area contributed by atoms with Gasteiger partial charge in [0.1, 0.15) is 5.76 Å². The van der Waals surface area contributed by atoms with Gasteiger partial charge >= 0.3 is 0 Å². The van der Waals surface area contributed by atoms with E-state index < -0.39 is 0 Å². The number of hydrogen-bond acceptors (Lipinski definition) is 1. The molecule has 0 aliphatic carbocycles. The van der Waals surface area contributed by atoms with Gasteiger partial charge in [0.05, 0.1) is 6.61 Å². The first-order valence-corrected chi connectivity index (χ1v) is 5.07. The summed E-state index contributed by atoms with van der Waals surface area (Å²) in [5.74, 6) is 1.30. The summed E-state index contributed by atoms with van der Waals surface area (Å²) >= 11 is 0. The summed E-state index contributed by atoms with van der Waals surface area (Å²) in [4.78, 5) is 0. The third kappa shape index (κ3) is 2.63. The van der Waals surface area contributed by atoms with Gasteiger partial charge in [0.15, 0.2) is 0 Å². The number of rotatable bonds is 4. The normalized spacial score (nSPS) is 10.3. The average Bonchev–Trinajstić information content (AvgIpc) is 2.18. The fraction of sp³-hybridized carbons (Fsp3) is 0.385. The molecule has 0 aromatic heterocycles. The fourth-order valence-corrected chi connectivity index (χ4v) is 1.33. The molecule has 0 aliphatic rings. The fourth-order valence-electron chi connectivity index (χ4n) is 1.33. The van der Waals surface area contributed by atoms with Crippen LogP contribution in [-0.2, 0) is 4.74 Å². The van der Waals surface area contributed by atoms with Crippen molar-refractivity contribution in [2.75, 3.05) is 6.61 Å². The molecule has 0 saturated carbocycles. The van der Waals surface area contributed by atoms with Gasteiger partial charge < -0.3 is 4.74 Å². The maximum Gasteiger partial charge on any atom is 0.119 e. The van der Waals surface area contributed by atoms with Gasteiger partial charge in [0.2, 0.25) is 0 Å². The predicted molar refractivity (Wildman–Crippen MR) is 61.2 cm³/mol. The molecule has 0 N–H and O–H groups in total. The van der Waals surface area contributed by atoms with E-state index in [0.29, 0.717) is 12.5 Å². The summed E-state index contributed by atoms with van der Waals surface area (Å²) < 4.78 is 5.37. The maximum atomic E-state index is 5.37. The Hall–Kier alpha value is -1.24. The van der Waals surface area contributed by atoms with Crippen LogP contribution in [0.25, 0.3) is 5.76 Å². The number of ether oxygens (including phenoxy) is 1. The van der Waals surface area contributed by atoms with Crippen molar-refractivity contribution in [1.29, 1.82) is 0 Å². The van der Waals surface area contributed by atoms with Crippen LogP contribution in [0.15, 0.2) is 30.8 Å². The topological polar surface area (TPSA) is 9.23 Å². The summed E-state index contributed by atoms with van der Waals surface area (Å²) in [6.45, 7) is 10.9. The molecule has 1 aromatic rings. The molecular weight excluding hydrogens is 172 g/mol. The quantitative estimate of drug-likeness (QED) is 0.656. The molecule has 1 heteroatoms. The first kappa shape index (κ1) is 10.8. The highest BCUT2D eigenvalue weighted by Crippen LogP contribution is 2.20. The molecule has 1 nitrogen and oxygen atoms in total. The molecule has 14 heavy (non-hydrogen) atoms. The van der Waals surface area contributed by atoms with Crippen molar-refractivity contribution in [3.63, 3.8) is 0 Å². The van der Waals surface area contributed by atoms with Crippen LogP contribution in [0.5, 0.6) is 0 Å². The van der Waals surface area contributed by atoms with Crippen LogP contribution in [0.4, 0.5) is 0 Å². The highest BCUT2D eigenvalue weighted by molar-refractivity contribution is 5.58. The largest absolute Gasteiger partial charge is 0.494 e. The zero-order valence-corrected chi connectivity index (χ0v) is 9.21. The van der Waals surface area contributed by atoms with Crippen molar-refractivity contribution in [1.82, 2.24) is 0 Å². The Morgan fingerprint density at radius 1 is 1.43 bits per heavy atom. The Kier molecular flexibility index (Phi) is 3.75. The van der Waals surface area contributed by atoms with Crippen LogP contribution < -0.4 is 0 Å². The standard InChI is InChI=1S/C13H18O/c1-5-14-11(4)13-8-6-7-12(9-13)10(2)3/h6-10H,4-5H2,1-3H3. The van der Waals surface area contributed by atoms with Crippen molar-refractivity contribution in [2.45, 2.75) is 26.7 Å². The van der Waals surface area contributed by atoms with E-state index in [9.17, 15) is 0 Å². The van der Waals surface area contributed by atoms with Gasteiger partial charge in [0, 0.05) is 5.56 Å². The van der Waals surface area contributed by atoms with Crippen LogP contribution in [0, 0.1) is 0 Å². The summed E-state index contributed by atoms with van der Waals surface area (Å²) in [7, 11) is 0. The molecular formula is C13H18O.